The van der Waals surface area contributed by atoms with E-state index >= 15 is 0 Å². The topological polar surface area (TPSA) is 26.3 Å². The molecule has 0 atom stereocenters. The van der Waals surface area contributed by atoms with Gasteiger partial charge in [-0.25, -0.2) is 0 Å². The van der Waals surface area contributed by atoms with Crippen molar-refractivity contribution < 1.29 is 9.53 Å². The van der Waals surface area contributed by atoms with Crippen LogP contribution >= 0.6 is 0 Å². The number of esters is 1. The van der Waals surface area contributed by atoms with Gasteiger partial charge < -0.3 is 4.74 Å². The van der Waals surface area contributed by atoms with Crippen molar-refractivity contribution >= 4 is 5.97 Å². The average molecular weight is 282 g/mol. The quantitative estimate of drug-likeness (QED) is 0.215. The van der Waals surface area contributed by atoms with Gasteiger partial charge in [0.05, 0.1) is 7.11 Å². The summed E-state index contributed by atoms with van der Waals surface area (Å²) in [7, 11) is 1.46. The number of unbranched alkanes of at least 4 members (excludes halogenated alkanes) is 12. The molecule has 2 heteroatoms. The molecule has 0 fully saturated rings. The Hall–Kier alpha value is -0.790. The fraction of sp³-hybridized carbons (Fsp3) is 0.833. The van der Waals surface area contributed by atoms with Crippen molar-refractivity contribution in [1.82, 2.24) is 0 Å². The normalized spacial score (nSPS) is 10.4. The number of allylic oxidation sites excluding steroid dienone is 1. The second kappa shape index (κ2) is 16.3. The first-order chi connectivity index (χ1) is 9.81. The molecule has 0 saturated carbocycles. The summed E-state index contributed by atoms with van der Waals surface area (Å²) in [5.41, 5.74) is 0. The van der Waals surface area contributed by atoms with Gasteiger partial charge in [-0.3, -0.25) is 4.79 Å². The minimum absolute atomic E-state index is 0.0712. The van der Waals surface area contributed by atoms with Gasteiger partial charge in [-0.15, -0.1) is 6.58 Å². The highest BCUT2D eigenvalue weighted by atomic mass is 16.5. The van der Waals surface area contributed by atoms with Crippen LogP contribution in [0.5, 0.6) is 0 Å². The smallest absolute Gasteiger partial charge is 0.305 e. The third kappa shape index (κ3) is 15.3. The van der Waals surface area contributed by atoms with Crippen molar-refractivity contribution in [3.8, 4) is 0 Å². The Balaban J connectivity index is 2.99. The highest BCUT2D eigenvalue weighted by Crippen LogP contribution is 2.13. The van der Waals surface area contributed by atoms with Gasteiger partial charge in [-0.1, -0.05) is 70.3 Å². The number of methoxy groups -OCH3 is 1. The largest absolute Gasteiger partial charge is 0.469 e. The number of rotatable bonds is 15. The van der Waals surface area contributed by atoms with E-state index in [0.717, 1.165) is 6.42 Å². The molecule has 0 heterocycles. The lowest BCUT2D eigenvalue weighted by Crippen LogP contribution is -1.99. The van der Waals surface area contributed by atoms with Crippen LogP contribution in [0.25, 0.3) is 0 Å². The van der Waals surface area contributed by atoms with E-state index in [0.29, 0.717) is 6.42 Å². The third-order valence-electron chi connectivity index (χ3n) is 3.77. The minimum Gasteiger partial charge on any atom is -0.469 e. The van der Waals surface area contributed by atoms with E-state index in [-0.39, 0.29) is 5.97 Å². The molecule has 0 radical (unpaired) electrons. The van der Waals surface area contributed by atoms with E-state index < -0.39 is 0 Å². The Morgan fingerprint density at radius 2 is 1.20 bits per heavy atom. The van der Waals surface area contributed by atoms with Gasteiger partial charge in [0, 0.05) is 6.42 Å². The molecule has 0 saturated heterocycles. The molecule has 0 bridgehead atoms. The molecule has 0 aromatic rings. The van der Waals surface area contributed by atoms with Crippen molar-refractivity contribution in [2.75, 3.05) is 7.11 Å². The minimum atomic E-state index is -0.0712. The zero-order chi connectivity index (χ0) is 14.9. The molecule has 0 unspecified atom stereocenters. The maximum atomic E-state index is 10.9. The first kappa shape index (κ1) is 19.2. The SMILES string of the molecule is C=CCCCCCCCCCCCCCCC(=O)OC. The second-order valence-corrected chi connectivity index (χ2v) is 5.65. The van der Waals surface area contributed by atoms with Crippen molar-refractivity contribution in [2.45, 2.75) is 89.9 Å². The van der Waals surface area contributed by atoms with Crippen LogP contribution in [0.4, 0.5) is 0 Å². The molecule has 0 aliphatic heterocycles. The van der Waals surface area contributed by atoms with Gasteiger partial charge in [-0.2, -0.15) is 0 Å². The van der Waals surface area contributed by atoms with Crippen LogP contribution in [0.2, 0.25) is 0 Å². The van der Waals surface area contributed by atoms with Crippen molar-refractivity contribution in [1.29, 1.82) is 0 Å². The molecule has 0 amide bonds. The predicted octanol–water partition coefficient (Wildman–Crippen LogP) is 5.81. The lowest BCUT2D eigenvalue weighted by molar-refractivity contribution is -0.140. The summed E-state index contributed by atoms with van der Waals surface area (Å²) in [5.74, 6) is -0.0712. The predicted molar refractivity (Wildman–Crippen MR) is 86.9 cm³/mol. The summed E-state index contributed by atoms with van der Waals surface area (Å²) in [4.78, 5) is 10.9. The summed E-state index contributed by atoms with van der Waals surface area (Å²) >= 11 is 0. The Kier molecular flexibility index (Phi) is 15.6. The zero-order valence-electron chi connectivity index (χ0n) is 13.5. The fourth-order valence-corrected chi connectivity index (χ4v) is 2.43. The van der Waals surface area contributed by atoms with Crippen LogP contribution in [-0.4, -0.2) is 13.1 Å². The second-order valence-electron chi connectivity index (χ2n) is 5.65. The van der Waals surface area contributed by atoms with E-state index in [1.54, 1.807) is 0 Å². The highest BCUT2D eigenvalue weighted by molar-refractivity contribution is 5.68. The lowest BCUT2D eigenvalue weighted by atomic mass is 10.0. The summed E-state index contributed by atoms with van der Waals surface area (Å²) < 4.78 is 4.62. The first-order valence-corrected chi connectivity index (χ1v) is 8.49. The van der Waals surface area contributed by atoms with Crippen molar-refractivity contribution in [3.63, 3.8) is 0 Å². The molecular weight excluding hydrogens is 248 g/mol. The molecule has 2 nitrogen and oxygen atoms in total. The molecule has 0 rings (SSSR count). The van der Waals surface area contributed by atoms with E-state index in [4.69, 9.17) is 0 Å². The molecule has 0 aromatic heterocycles. The van der Waals surface area contributed by atoms with E-state index in [1.165, 1.54) is 84.2 Å². The van der Waals surface area contributed by atoms with E-state index in [1.807, 2.05) is 6.08 Å². The van der Waals surface area contributed by atoms with E-state index in [2.05, 4.69) is 11.3 Å². The summed E-state index contributed by atoms with van der Waals surface area (Å²) in [6, 6.07) is 0. The van der Waals surface area contributed by atoms with Crippen molar-refractivity contribution in [2.24, 2.45) is 0 Å². The first-order valence-electron chi connectivity index (χ1n) is 8.49. The van der Waals surface area contributed by atoms with Gasteiger partial charge >= 0.3 is 5.97 Å². The van der Waals surface area contributed by atoms with Crippen LogP contribution < -0.4 is 0 Å². The molecular formula is C18H34O2. The van der Waals surface area contributed by atoms with Gasteiger partial charge in [0.15, 0.2) is 0 Å². The maximum Gasteiger partial charge on any atom is 0.305 e. The number of ether oxygens (including phenoxy) is 1. The Bertz CT molecular complexity index is 223. The molecule has 20 heavy (non-hydrogen) atoms. The van der Waals surface area contributed by atoms with Gasteiger partial charge in [-0.05, 0) is 19.3 Å². The molecule has 0 aliphatic carbocycles. The van der Waals surface area contributed by atoms with Crippen molar-refractivity contribution in [3.05, 3.63) is 12.7 Å². The van der Waals surface area contributed by atoms with E-state index in [9.17, 15) is 4.79 Å². The van der Waals surface area contributed by atoms with Crippen LogP contribution in [-0.2, 0) is 9.53 Å². The molecule has 118 valence electrons. The molecule has 0 aliphatic rings. The maximum absolute atomic E-state index is 10.9. The van der Waals surface area contributed by atoms with Gasteiger partial charge in [0.25, 0.3) is 0 Å². The number of hydrogen-bond donors (Lipinski definition) is 0. The average Bonchev–Trinajstić information content (AvgIpc) is 2.47. The number of hydrogen-bond acceptors (Lipinski definition) is 2. The van der Waals surface area contributed by atoms with Gasteiger partial charge in [0.1, 0.15) is 0 Å². The number of carbonyl (C=O) groups excluding carboxylic acids is 1. The van der Waals surface area contributed by atoms with Crippen LogP contribution in [0, 0.1) is 0 Å². The Morgan fingerprint density at radius 1 is 0.800 bits per heavy atom. The van der Waals surface area contributed by atoms with Gasteiger partial charge in [0.2, 0.25) is 0 Å². The number of carbonyl (C=O) groups is 1. The monoisotopic (exact) mass is 282 g/mol. The summed E-state index contributed by atoms with van der Waals surface area (Å²) in [5, 5.41) is 0. The third-order valence-corrected chi connectivity index (χ3v) is 3.77. The molecule has 0 aromatic carbocycles. The summed E-state index contributed by atoms with van der Waals surface area (Å²) in [6.07, 6.45) is 19.5. The van der Waals surface area contributed by atoms with Crippen LogP contribution in [0.1, 0.15) is 89.9 Å². The fourth-order valence-electron chi connectivity index (χ4n) is 2.43. The van der Waals surface area contributed by atoms with Crippen LogP contribution in [0.15, 0.2) is 12.7 Å². The van der Waals surface area contributed by atoms with Crippen LogP contribution in [0.3, 0.4) is 0 Å². The summed E-state index contributed by atoms with van der Waals surface area (Å²) in [6.45, 7) is 3.75. The lowest BCUT2D eigenvalue weighted by Gasteiger charge is -2.03. The molecule has 0 N–H and O–H groups in total. The Labute approximate surface area is 126 Å². The molecule has 0 spiro atoms. The Morgan fingerprint density at radius 3 is 1.60 bits per heavy atom. The zero-order valence-corrected chi connectivity index (χ0v) is 13.5. The standard InChI is InChI=1S/C18H34O2/c1-3-4-5-6-7-8-9-10-11-12-13-14-15-16-17-18(19)20-2/h3H,1,4-17H2,2H3. The highest BCUT2D eigenvalue weighted by Gasteiger charge is 1.99.